The van der Waals surface area contributed by atoms with E-state index in [1.165, 1.54) is 0 Å². The number of hydrogen-bond acceptors (Lipinski definition) is 10. The summed E-state index contributed by atoms with van der Waals surface area (Å²) in [6.45, 7) is 83.0. The lowest BCUT2D eigenvalue weighted by Gasteiger charge is -2.40. The highest BCUT2D eigenvalue weighted by atomic mass is 16.9. The van der Waals surface area contributed by atoms with Crippen LogP contribution in [0, 0.1) is 32.5 Å². The third kappa shape index (κ3) is 24.5. The van der Waals surface area contributed by atoms with Crippen LogP contribution >= 0.6 is 0 Å². The van der Waals surface area contributed by atoms with Crippen molar-refractivity contribution in [2.75, 3.05) is 59.1 Å². The Kier molecular flexibility index (Phi) is 29.5. The lowest BCUT2D eigenvalue weighted by molar-refractivity contribution is -0.257. The van der Waals surface area contributed by atoms with Crippen LogP contribution in [0.4, 0.5) is 0 Å². The fraction of sp³-hybridized carbons (Fsp3) is 0.636. The summed E-state index contributed by atoms with van der Waals surface area (Å²) < 4.78 is 45.7. The third-order valence-electron chi connectivity index (χ3n) is 25.6. The lowest BCUT2D eigenvalue weighted by atomic mass is 9.70. The van der Waals surface area contributed by atoms with Crippen LogP contribution in [0.3, 0.4) is 0 Å². The molecule has 6 aromatic carbocycles. The minimum atomic E-state index is -2.91. The third-order valence-corrected chi connectivity index (χ3v) is 25.6. The van der Waals surface area contributed by atoms with Gasteiger partial charge in [0.25, 0.3) is 17.7 Å². The molecule has 0 saturated carbocycles. The second-order valence-corrected chi connectivity index (χ2v) is 48.3. The number of amides is 3. The number of carbonyl (C=O) groups excluding carboxylic acids is 3. The molecule has 14 heteroatoms. The summed E-state index contributed by atoms with van der Waals surface area (Å²) in [6.07, 6.45) is 6.09. The van der Waals surface area contributed by atoms with Crippen molar-refractivity contribution in [3.05, 3.63) is 173 Å². The van der Waals surface area contributed by atoms with Gasteiger partial charge in [0.15, 0.2) is 19.8 Å². The second-order valence-electron chi connectivity index (χ2n) is 48.3. The van der Waals surface area contributed by atoms with Gasteiger partial charge in [0.2, 0.25) is 0 Å². The Morgan fingerprint density at radius 3 is 0.565 bits per heavy atom. The standard InChI is InChI=1S/C110H163N3O11/c1-37-111(38-2)88(114)61-119-91-70-43-72-51-83(105(27,28)65-99(10,11)12)53-74(92(72)120-62-89(115)112(39-3)40-4)45-76-55-85(107(31,32)67-101(16,17)18)57-78-47-80-59-87(109(35,36)69-103(22,23)24)60-81-48-79-58-86(108(33,34)68-102(19,20)21)56-77(95(79)123-110(97(117)118,122-94(76)78)124-96(80)81)46-75-54-84(106(29,30)66-100(13,14)15)52-73(93(75)121-63-90(116)113(41-5)42-6)44-71(91)50-82(49-70)104(25,26)64-98(7,8)9/h49-60H,37-48,61-69H2,1-36H3,(H,117,118). The fourth-order valence-corrected chi connectivity index (χ4v) is 22.2. The van der Waals surface area contributed by atoms with E-state index in [1.54, 1.807) is 9.80 Å². The summed E-state index contributed by atoms with van der Waals surface area (Å²) in [5, 5.41) is 13.0. The Labute approximate surface area is 750 Å². The first-order valence-electron chi connectivity index (χ1n) is 46.8. The molecule has 684 valence electrons. The van der Waals surface area contributed by atoms with E-state index in [0.717, 1.165) is 128 Å². The maximum Gasteiger partial charge on any atom is 0.523 e. The molecule has 0 spiro atoms. The minimum absolute atomic E-state index is 0.0869. The van der Waals surface area contributed by atoms with E-state index in [1.807, 2.05) is 46.4 Å². The average molecular weight is 1700 g/mol. The van der Waals surface area contributed by atoms with Crippen molar-refractivity contribution in [2.45, 2.75) is 365 Å². The van der Waals surface area contributed by atoms with E-state index in [-0.39, 0.29) is 95.7 Å². The molecule has 14 nitrogen and oxygen atoms in total. The molecule has 3 aliphatic rings. The molecule has 0 aliphatic carbocycles. The van der Waals surface area contributed by atoms with E-state index in [4.69, 9.17) is 28.4 Å². The minimum Gasteiger partial charge on any atom is -0.483 e. The van der Waals surface area contributed by atoms with E-state index in [0.29, 0.717) is 97.7 Å². The maximum absolute atomic E-state index is 16.0. The second kappa shape index (κ2) is 36.6. The summed E-state index contributed by atoms with van der Waals surface area (Å²) in [7, 11) is 0. The van der Waals surface area contributed by atoms with E-state index in [2.05, 4.69) is 281 Å². The van der Waals surface area contributed by atoms with Gasteiger partial charge in [-0.1, -0.05) is 281 Å². The van der Waals surface area contributed by atoms with Gasteiger partial charge in [0.05, 0.1) is 0 Å². The number of nitrogens with zero attached hydrogens (tertiary/aromatic N) is 3. The number of aliphatic carboxylic acids is 1. The van der Waals surface area contributed by atoms with Crippen LogP contribution in [0.5, 0.6) is 34.5 Å². The molecule has 0 aromatic heterocycles. The Hall–Kier alpha value is -8.00. The van der Waals surface area contributed by atoms with Gasteiger partial charge in [-0.05, 0) is 245 Å². The summed E-state index contributed by atoms with van der Waals surface area (Å²) in [4.78, 5) is 66.7. The van der Waals surface area contributed by atoms with Crippen LogP contribution in [-0.2, 0) is 90.2 Å². The number of ether oxygens (including phenoxy) is 6. The highest BCUT2D eigenvalue weighted by Crippen LogP contribution is 2.54. The summed E-state index contributed by atoms with van der Waals surface area (Å²) in [5.41, 5.74) is 12.0. The van der Waals surface area contributed by atoms with E-state index in [9.17, 15) is 5.11 Å². The maximum atomic E-state index is 16.0. The monoisotopic (exact) mass is 1700 g/mol. The summed E-state index contributed by atoms with van der Waals surface area (Å²) >= 11 is 0. The molecule has 1 N–H and O–H groups in total. The van der Waals surface area contributed by atoms with E-state index >= 15 is 19.2 Å². The largest absolute Gasteiger partial charge is 0.523 e. The van der Waals surface area contributed by atoms with Crippen LogP contribution in [-0.4, -0.2) is 109 Å². The van der Waals surface area contributed by atoms with Crippen molar-refractivity contribution in [2.24, 2.45) is 32.5 Å². The highest BCUT2D eigenvalue weighted by molar-refractivity contribution is 5.80. The van der Waals surface area contributed by atoms with Crippen molar-refractivity contribution >= 4 is 23.7 Å². The topological polar surface area (TPSA) is 154 Å². The van der Waals surface area contributed by atoms with Crippen molar-refractivity contribution < 1.29 is 52.7 Å². The molecular weight excluding hydrogens is 1540 g/mol. The van der Waals surface area contributed by atoms with Gasteiger partial charge in [0, 0.05) is 77.8 Å². The highest BCUT2D eigenvalue weighted by Gasteiger charge is 2.54. The van der Waals surface area contributed by atoms with Crippen LogP contribution < -0.4 is 28.4 Å². The molecule has 3 aliphatic heterocycles. The fourth-order valence-electron chi connectivity index (χ4n) is 22.2. The molecule has 9 rings (SSSR count). The lowest BCUT2D eigenvalue weighted by Crippen LogP contribution is -2.56. The number of fused-ring (bicyclic) bond motifs is 6. The van der Waals surface area contributed by atoms with Gasteiger partial charge in [-0.25, -0.2) is 4.79 Å². The Balaban J connectivity index is 1.64. The van der Waals surface area contributed by atoms with E-state index < -0.39 is 44.4 Å². The average Bonchev–Trinajstić information content (AvgIpc) is 0.725. The molecule has 6 aromatic rings. The first kappa shape index (κ1) is 99.8. The van der Waals surface area contributed by atoms with Crippen LogP contribution in [0.15, 0.2) is 72.8 Å². The zero-order valence-corrected chi connectivity index (χ0v) is 84.1. The predicted molar refractivity (Wildman–Crippen MR) is 511 cm³/mol. The number of rotatable bonds is 28. The quantitative estimate of drug-likeness (QED) is 0.0498. The zero-order valence-electron chi connectivity index (χ0n) is 84.1. The summed E-state index contributed by atoms with van der Waals surface area (Å²) in [6, 6.07) is 27.3. The first-order valence-corrected chi connectivity index (χ1v) is 46.8. The first-order chi connectivity index (χ1) is 56.8. The number of carboxylic acid groups (broad SMARTS) is 1. The van der Waals surface area contributed by atoms with Crippen LogP contribution in [0.2, 0.25) is 0 Å². The molecule has 10 bridgehead atoms. The zero-order chi connectivity index (χ0) is 93.0. The number of likely N-dealkylation sites (N-methyl/N-ethyl adjacent to an activating group) is 3. The van der Waals surface area contributed by atoms with Crippen molar-refractivity contribution in [3.63, 3.8) is 0 Å². The number of benzene rings is 6. The number of carbonyl (C=O) groups is 4. The van der Waals surface area contributed by atoms with Crippen molar-refractivity contribution in [1.29, 1.82) is 0 Å². The van der Waals surface area contributed by atoms with Crippen LogP contribution in [0.1, 0.15) is 388 Å². The Morgan fingerprint density at radius 2 is 0.419 bits per heavy atom. The van der Waals surface area contributed by atoms with Crippen molar-refractivity contribution in [3.8, 4) is 34.5 Å². The predicted octanol–water partition coefficient (Wildman–Crippen LogP) is 25.5. The van der Waals surface area contributed by atoms with Gasteiger partial charge in [-0.15, -0.1) is 0 Å². The normalized spacial score (nSPS) is 14.8. The molecule has 0 saturated heterocycles. The van der Waals surface area contributed by atoms with Crippen LogP contribution in [0.25, 0.3) is 0 Å². The number of hydrogen-bond donors (Lipinski definition) is 1. The van der Waals surface area contributed by atoms with Crippen molar-refractivity contribution in [1.82, 2.24) is 14.7 Å². The number of carboxylic acids is 1. The van der Waals surface area contributed by atoms with Gasteiger partial charge < -0.3 is 48.2 Å². The molecular formula is C110H163N3O11. The molecule has 3 heterocycles. The van der Waals surface area contributed by atoms with Gasteiger partial charge in [-0.2, -0.15) is 0 Å². The SMILES string of the molecule is CCN(CC)C(=O)COc1c2cc(C(C)(C)CC(C)(C)C)cc1Cc1cc(C(C)(C)CC(C)(C)C)cc(c1OCC(=O)N(CC)CC)Cc1cc(C(C)(C)CC(C)(C)C)cc3c1OC1(C(=O)O)Oc4c(cc(C(C)(C)CC(C)(C)C)cc4Cc4cc(C(C)(C)CC(C)(C)C)cc(c4O1)C3)Cc1cc(C(C)(C)CC(C)(C)C)cc(c1OCC(=O)N(CC)CC)C2. The Morgan fingerprint density at radius 1 is 0.274 bits per heavy atom. The smallest absolute Gasteiger partial charge is 0.483 e. The molecule has 0 fully saturated rings. The molecule has 0 radical (unpaired) electrons. The Bertz CT molecular complexity index is 4620. The molecule has 3 amide bonds. The summed E-state index contributed by atoms with van der Waals surface area (Å²) in [5.74, 6) is -2.36. The molecule has 124 heavy (non-hydrogen) atoms. The van der Waals surface area contributed by atoms with Gasteiger partial charge >= 0.3 is 11.9 Å². The van der Waals surface area contributed by atoms with Gasteiger partial charge in [-0.3, -0.25) is 14.4 Å². The van der Waals surface area contributed by atoms with Gasteiger partial charge in [0.1, 0.15) is 34.5 Å². The molecule has 0 unspecified atom stereocenters. The molecule has 0 atom stereocenters.